The number of aromatic nitrogens is 2. The van der Waals surface area contributed by atoms with Gasteiger partial charge in [0.25, 0.3) is 5.56 Å². The Bertz CT molecular complexity index is 649. The molecule has 0 saturated carbocycles. The van der Waals surface area contributed by atoms with E-state index in [1.807, 2.05) is 34.9 Å². The second-order valence-electron chi connectivity index (χ2n) is 7.58. The molecule has 0 fully saturated rings. The average Bonchev–Trinajstić information content (AvgIpc) is 2.50. The van der Waals surface area contributed by atoms with Crippen molar-refractivity contribution < 1.29 is 4.79 Å². The van der Waals surface area contributed by atoms with Gasteiger partial charge in [-0.25, -0.2) is 4.98 Å². The monoisotopic (exact) mass is 352 g/mol. The van der Waals surface area contributed by atoms with Gasteiger partial charge in [0.15, 0.2) is 5.16 Å². The van der Waals surface area contributed by atoms with Crippen molar-refractivity contribution in [3.63, 3.8) is 0 Å². The zero-order chi connectivity index (χ0) is 17.9. The third kappa shape index (κ3) is 4.83. The molecule has 0 radical (unpaired) electrons. The minimum absolute atomic E-state index is 0.0266. The molecule has 7 heteroatoms. The summed E-state index contributed by atoms with van der Waals surface area (Å²) in [6.45, 7) is 8.16. The normalized spacial score (nSPS) is 17.7. The molecule has 0 aromatic carbocycles. The maximum atomic E-state index is 12.4. The Morgan fingerprint density at radius 2 is 2.17 bits per heavy atom. The first-order valence-corrected chi connectivity index (χ1v) is 9.34. The Balaban J connectivity index is 2.02. The average molecular weight is 353 g/mol. The molecule has 1 aromatic heterocycles. The first-order valence-electron chi connectivity index (χ1n) is 8.36. The third-order valence-electron chi connectivity index (χ3n) is 4.01. The molecule has 2 heterocycles. The molecule has 24 heavy (non-hydrogen) atoms. The number of carbonyl (C=O) groups is 1. The number of hydrogen-bond donors (Lipinski definition) is 1. The van der Waals surface area contributed by atoms with Crippen molar-refractivity contribution >= 4 is 17.7 Å². The quantitative estimate of drug-likeness (QED) is 0.640. The molecule has 1 N–H and O–H groups in total. The molecule has 1 unspecified atom stereocenters. The smallest absolute Gasteiger partial charge is 0.254 e. The number of nitrogens with zero attached hydrogens (tertiary/aromatic N) is 3. The van der Waals surface area contributed by atoms with Gasteiger partial charge in [0.05, 0.1) is 11.6 Å². The molecule has 1 aromatic rings. The van der Waals surface area contributed by atoms with Crippen LogP contribution < -0.4 is 10.9 Å². The fourth-order valence-corrected chi connectivity index (χ4v) is 3.60. The van der Waals surface area contributed by atoms with E-state index in [1.54, 1.807) is 10.6 Å². The maximum absolute atomic E-state index is 12.4. The highest BCUT2D eigenvalue weighted by Crippen LogP contribution is 2.27. The van der Waals surface area contributed by atoms with Crippen molar-refractivity contribution in [2.75, 3.05) is 32.9 Å². The van der Waals surface area contributed by atoms with Crippen LogP contribution >= 0.6 is 11.8 Å². The van der Waals surface area contributed by atoms with Gasteiger partial charge >= 0.3 is 0 Å². The lowest BCUT2D eigenvalue weighted by Gasteiger charge is -2.26. The summed E-state index contributed by atoms with van der Waals surface area (Å²) in [5, 5.41) is 3.70. The van der Waals surface area contributed by atoms with Gasteiger partial charge < -0.3 is 10.2 Å². The summed E-state index contributed by atoms with van der Waals surface area (Å²) in [5.41, 5.74) is 0.580. The molecule has 1 aliphatic heterocycles. The van der Waals surface area contributed by atoms with Crippen LogP contribution in [0.3, 0.4) is 0 Å². The lowest BCUT2D eigenvalue weighted by atomic mass is 9.92. The minimum Gasteiger partial charge on any atom is -0.356 e. The Labute approximate surface area is 148 Å². The zero-order valence-corrected chi connectivity index (χ0v) is 16.1. The first kappa shape index (κ1) is 19.0. The Morgan fingerprint density at radius 1 is 1.46 bits per heavy atom. The van der Waals surface area contributed by atoms with E-state index in [-0.39, 0.29) is 22.8 Å². The predicted molar refractivity (Wildman–Crippen MR) is 97.6 cm³/mol. The van der Waals surface area contributed by atoms with Crippen molar-refractivity contribution in [2.45, 2.75) is 44.3 Å². The van der Waals surface area contributed by atoms with Crippen molar-refractivity contribution in [1.82, 2.24) is 19.8 Å². The van der Waals surface area contributed by atoms with E-state index >= 15 is 0 Å². The first-order chi connectivity index (χ1) is 11.2. The Kier molecular flexibility index (Phi) is 6.09. The largest absolute Gasteiger partial charge is 0.356 e. The molecule has 1 atom stereocenters. The van der Waals surface area contributed by atoms with Crippen molar-refractivity contribution in [2.24, 2.45) is 5.92 Å². The summed E-state index contributed by atoms with van der Waals surface area (Å²) in [7, 11) is 4.03. The molecule has 2 rings (SSSR count). The molecule has 6 nitrogen and oxygen atoms in total. The van der Waals surface area contributed by atoms with Crippen LogP contribution in [0.15, 0.2) is 16.0 Å². The van der Waals surface area contributed by atoms with E-state index in [2.05, 4.69) is 15.2 Å². The molecule has 0 bridgehead atoms. The van der Waals surface area contributed by atoms with Gasteiger partial charge in [-0.2, -0.15) is 0 Å². The Hall–Kier alpha value is -1.34. The molecular formula is C17H28N4O2S. The van der Waals surface area contributed by atoms with Crippen LogP contribution in [0, 0.1) is 5.92 Å². The van der Waals surface area contributed by atoms with Crippen molar-refractivity contribution in [3.8, 4) is 0 Å². The van der Waals surface area contributed by atoms with Crippen LogP contribution in [-0.4, -0.2) is 53.3 Å². The highest BCUT2D eigenvalue weighted by atomic mass is 32.2. The number of thioether (sulfide) groups is 1. The number of amides is 1. The summed E-state index contributed by atoms with van der Waals surface area (Å²) >= 11 is 1.50. The van der Waals surface area contributed by atoms with E-state index in [9.17, 15) is 9.59 Å². The second kappa shape index (κ2) is 7.70. The van der Waals surface area contributed by atoms with Gasteiger partial charge in [-0.15, -0.1) is 0 Å². The van der Waals surface area contributed by atoms with Crippen LogP contribution in [0.1, 0.15) is 32.9 Å². The second-order valence-corrected chi connectivity index (χ2v) is 8.57. The van der Waals surface area contributed by atoms with E-state index in [1.165, 1.54) is 11.8 Å². The molecule has 1 aliphatic rings. The number of fused-ring (bicyclic) bond motifs is 1. The van der Waals surface area contributed by atoms with Crippen LogP contribution in [0.2, 0.25) is 0 Å². The fraction of sp³-hybridized carbons (Fsp3) is 0.706. The third-order valence-corrected chi connectivity index (χ3v) is 5.15. The molecule has 0 saturated heterocycles. The van der Waals surface area contributed by atoms with E-state index in [0.29, 0.717) is 18.8 Å². The SMILES string of the molecule is CN(C)CCCNC(=O)C1CSc2nc(C(C)(C)C)cc(=O)n2C1. The van der Waals surface area contributed by atoms with E-state index < -0.39 is 0 Å². The summed E-state index contributed by atoms with van der Waals surface area (Å²) in [5.74, 6) is 0.514. The van der Waals surface area contributed by atoms with Gasteiger partial charge in [0.1, 0.15) is 0 Å². The van der Waals surface area contributed by atoms with Gasteiger partial charge in [0.2, 0.25) is 5.91 Å². The van der Waals surface area contributed by atoms with Gasteiger partial charge in [-0.05, 0) is 27.1 Å². The van der Waals surface area contributed by atoms with Crippen LogP contribution in [0.5, 0.6) is 0 Å². The molecular weight excluding hydrogens is 324 g/mol. The van der Waals surface area contributed by atoms with Crippen LogP contribution in [0.25, 0.3) is 0 Å². The molecule has 0 aliphatic carbocycles. The highest BCUT2D eigenvalue weighted by Gasteiger charge is 2.28. The summed E-state index contributed by atoms with van der Waals surface area (Å²) in [6.07, 6.45) is 0.922. The van der Waals surface area contributed by atoms with Gasteiger partial charge in [0, 0.05) is 30.3 Å². The van der Waals surface area contributed by atoms with Crippen molar-refractivity contribution in [3.05, 3.63) is 22.1 Å². The zero-order valence-electron chi connectivity index (χ0n) is 15.3. The lowest BCUT2D eigenvalue weighted by Crippen LogP contribution is -2.41. The maximum Gasteiger partial charge on any atom is 0.254 e. The van der Waals surface area contributed by atoms with E-state index in [4.69, 9.17) is 0 Å². The summed E-state index contributed by atoms with van der Waals surface area (Å²) in [4.78, 5) is 31.4. The highest BCUT2D eigenvalue weighted by molar-refractivity contribution is 7.99. The summed E-state index contributed by atoms with van der Waals surface area (Å²) < 4.78 is 1.63. The van der Waals surface area contributed by atoms with Gasteiger partial charge in [-0.3, -0.25) is 14.2 Å². The minimum atomic E-state index is -0.179. The lowest BCUT2D eigenvalue weighted by molar-refractivity contribution is -0.124. The summed E-state index contributed by atoms with van der Waals surface area (Å²) in [6, 6.07) is 1.60. The molecule has 0 spiro atoms. The van der Waals surface area contributed by atoms with Crippen LogP contribution in [0.4, 0.5) is 0 Å². The van der Waals surface area contributed by atoms with Gasteiger partial charge in [-0.1, -0.05) is 32.5 Å². The topological polar surface area (TPSA) is 67.2 Å². The van der Waals surface area contributed by atoms with Crippen molar-refractivity contribution in [1.29, 1.82) is 0 Å². The number of hydrogen-bond acceptors (Lipinski definition) is 5. The predicted octanol–water partition coefficient (Wildman–Crippen LogP) is 1.33. The Morgan fingerprint density at radius 3 is 2.79 bits per heavy atom. The molecule has 1 amide bonds. The van der Waals surface area contributed by atoms with E-state index in [0.717, 1.165) is 23.8 Å². The number of carbonyl (C=O) groups excluding carboxylic acids is 1. The molecule has 134 valence electrons. The standard InChI is InChI=1S/C17H28N4O2S/c1-17(2,3)13-9-14(22)21-10-12(11-24-16(21)19-13)15(23)18-7-6-8-20(4)5/h9,12H,6-8,10-11H2,1-5H3,(H,18,23). The number of nitrogens with one attached hydrogen (secondary N) is 1. The fourth-order valence-electron chi connectivity index (χ4n) is 2.51. The van der Waals surface area contributed by atoms with Crippen LogP contribution in [-0.2, 0) is 16.8 Å². The number of rotatable bonds is 5.